The minimum atomic E-state index is -0.877. The van der Waals surface area contributed by atoms with Gasteiger partial charge in [0.1, 0.15) is 6.04 Å². The van der Waals surface area contributed by atoms with Crippen LogP contribution in [0.4, 0.5) is 0 Å². The first-order valence-corrected chi connectivity index (χ1v) is 5.24. The molecule has 2 unspecified atom stereocenters. The van der Waals surface area contributed by atoms with Crippen LogP contribution in [0, 0.1) is 0 Å². The van der Waals surface area contributed by atoms with Crippen LogP contribution in [0.3, 0.4) is 0 Å². The summed E-state index contributed by atoms with van der Waals surface area (Å²) in [5, 5.41) is 20.8. The number of carbonyl (C=O) groups is 1. The molecule has 0 aromatic heterocycles. The summed E-state index contributed by atoms with van der Waals surface area (Å²) in [7, 11) is 1.52. The number of aliphatic hydroxyl groups excluding tert-OH is 1. The van der Waals surface area contributed by atoms with E-state index in [9.17, 15) is 4.79 Å². The third-order valence-electron chi connectivity index (χ3n) is 2.17. The van der Waals surface area contributed by atoms with E-state index >= 15 is 0 Å². The molecule has 0 aliphatic heterocycles. The number of aliphatic hydroxyl groups is 1. The molecule has 0 spiro atoms. The number of nitrogens with one attached hydrogen (secondary N) is 1. The van der Waals surface area contributed by atoms with Gasteiger partial charge in [-0.05, 0) is 6.42 Å². The normalized spacial score (nSPS) is 14.9. The van der Waals surface area contributed by atoms with Crippen LogP contribution in [0.15, 0.2) is 0 Å². The van der Waals surface area contributed by atoms with Gasteiger partial charge in [0.25, 0.3) is 0 Å². The predicted molar refractivity (Wildman–Crippen MR) is 56.8 cm³/mol. The van der Waals surface area contributed by atoms with Gasteiger partial charge in [0, 0.05) is 7.11 Å². The Bertz CT molecular complexity index is 175. The minimum Gasteiger partial charge on any atom is -0.480 e. The Morgan fingerprint density at radius 1 is 1.53 bits per heavy atom. The van der Waals surface area contributed by atoms with Crippen molar-refractivity contribution in [2.24, 2.45) is 0 Å². The molecule has 0 radical (unpaired) electrons. The Hall–Kier alpha value is -0.650. The van der Waals surface area contributed by atoms with E-state index in [1.165, 1.54) is 7.11 Å². The van der Waals surface area contributed by atoms with Crippen molar-refractivity contribution < 1.29 is 19.7 Å². The number of aliphatic carboxylic acids is 1. The molecule has 15 heavy (non-hydrogen) atoms. The first-order chi connectivity index (χ1) is 7.15. The largest absolute Gasteiger partial charge is 0.480 e. The topological polar surface area (TPSA) is 78.8 Å². The molecule has 0 aromatic carbocycles. The molecule has 90 valence electrons. The van der Waals surface area contributed by atoms with Gasteiger partial charge < -0.3 is 14.9 Å². The zero-order chi connectivity index (χ0) is 11.7. The van der Waals surface area contributed by atoms with Gasteiger partial charge in [-0.2, -0.15) is 0 Å². The van der Waals surface area contributed by atoms with Crippen molar-refractivity contribution in [1.29, 1.82) is 0 Å². The second-order valence-corrected chi connectivity index (χ2v) is 3.53. The number of hydrogen-bond acceptors (Lipinski definition) is 4. The fourth-order valence-corrected chi connectivity index (χ4v) is 1.33. The molecular formula is C10H21NO4. The highest BCUT2D eigenvalue weighted by Crippen LogP contribution is 2.02. The monoisotopic (exact) mass is 219 g/mol. The summed E-state index contributed by atoms with van der Waals surface area (Å²) >= 11 is 0. The molecule has 0 bridgehead atoms. The van der Waals surface area contributed by atoms with Crippen molar-refractivity contribution in [1.82, 2.24) is 5.32 Å². The predicted octanol–water partition coefficient (Wildman–Crippen LogP) is 0.227. The van der Waals surface area contributed by atoms with Crippen molar-refractivity contribution in [3.63, 3.8) is 0 Å². The summed E-state index contributed by atoms with van der Waals surface area (Å²) in [6.45, 7) is 2.20. The maximum atomic E-state index is 10.9. The molecule has 0 fully saturated rings. The maximum absolute atomic E-state index is 10.9. The highest BCUT2D eigenvalue weighted by atomic mass is 16.5. The summed E-state index contributed by atoms with van der Waals surface area (Å²) in [6.07, 6.45) is 2.39. The summed E-state index contributed by atoms with van der Waals surface area (Å²) in [6, 6.07) is -0.912. The maximum Gasteiger partial charge on any atom is 0.320 e. The Morgan fingerprint density at radius 3 is 2.60 bits per heavy atom. The summed E-state index contributed by atoms with van der Waals surface area (Å²) in [5.74, 6) is -0.877. The second kappa shape index (κ2) is 8.64. The molecule has 0 saturated heterocycles. The van der Waals surface area contributed by atoms with E-state index in [1.807, 2.05) is 6.92 Å². The highest BCUT2D eigenvalue weighted by Gasteiger charge is 2.20. The molecule has 0 aromatic rings. The van der Waals surface area contributed by atoms with Crippen LogP contribution in [-0.2, 0) is 9.53 Å². The standard InChI is InChI=1S/C10H21NO4/c1-3-4-5-9(10(13)14)11-8(6-12)7-15-2/h8-9,11-12H,3-7H2,1-2H3,(H,13,14). The van der Waals surface area contributed by atoms with Crippen LogP contribution >= 0.6 is 0 Å². The quantitative estimate of drug-likeness (QED) is 0.517. The molecule has 0 heterocycles. The van der Waals surface area contributed by atoms with Gasteiger partial charge in [0.05, 0.1) is 19.3 Å². The number of carboxylic acid groups (broad SMARTS) is 1. The molecule has 0 rings (SSSR count). The van der Waals surface area contributed by atoms with E-state index in [4.69, 9.17) is 14.9 Å². The number of carboxylic acids is 1. The van der Waals surface area contributed by atoms with Gasteiger partial charge in [-0.1, -0.05) is 19.8 Å². The number of methoxy groups -OCH3 is 1. The van der Waals surface area contributed by atoms with Crippen LogP contribution in [0.5, 0.6) is 0 Å². The van der Waals surface area contributed by atoms with Crippen molar-refractivity contribution in [3.05, 3.63) is 0 Å². The summed E-state index contributed by atoms with van der Waals surface area (Å²) < 4.78 is 4.86. The molecule has 0 amide bonds. The highest BCUT2D eigenvalue weighted by molar-refractivity contribution is 5.73. The van der Waals surface area contributed by atoms with Crippen LogP contribution < -0.4 is 5.32 Å². The zero-order valence-corrected chi connectivity index (χ0v) is 9.40. The van der Waals surface area contributed by atoms with Gasteiger partial charge >= 0.3 is 5.97 Å². The van der Waals surface area contributed by atoms with Gasteiger partial charge in [-0.25, -0.2) is 0 Å². The number of unbranched alkanes of at least 4 members (excludes halogenated alkanes) is 1. The van der Waals surface area contributed by atoms with Crippen LogP contribution in [0.2, 0.25) is 0 Å². The smallest absolute Gasteiger partial charge is 0.320 e. The van der Waals surface area contributed by atoms with E-state index < -0.39 is 12.0 Å². The average Bonchev–Trinajstić information content (AvgIpc) is 2.22. The lowest BCUT2D eigenvalue weighted by Crippen LogP contribution is -2.47. The van der Waals surface area contributed by atoms with Crippen LogP contribution in [0.1, 0.15) is 26.2 Å². The number of ether oxygens (including phenoxy) is 1. The van der Waals surface area contributed by atoms with E-state index in [0.29, 0.717) is 13.0 Å². The van der Waals surface area contributed by atoms with E-state index in [2.05, 4.69) is 5.32 Å². The minimum absolute atomic E-state index is 0.121. The van der Waals surface area contributed by atoms with Crippen LogP contribution in [-0.4, -0.2) is 48.6 Å². The molecular weight excluding hydrogens is 198 g/mol. The molecule has 5 heteroatoms. The Labute approximate surface area is 90.4 Å². The molecule has 0 saturated carbocycles. The third-order valence-corrected chi connectivity index (χ3v) is 2.17. The van der Waals surface area contributed by atoms with Gasteiger partial charge in [-0.15, -0.1) is 0 Å². The Morgan fingerprint density at radius 2 is 2.20 bits per heavy atom. The number of rotatable bonds is 9. The molecule has 5 nitrogen and oxygen atoms in total. The average molecular weight is 219 g/mol. The lowest BCUT2D eigenvalue weighted by Gasteiger charge is -2.20. The first-order valence-electron chi connectivity index (χ1n) is 5.24. The van der Waals surface area contributed by atoms with Crippen molar-refractivity contribution in [3.8, 4) is 0 Å². The van der Waals surface area contributed by atoms with E-state index in [-0.39, 0.29) is 12.6 Å². The zero-order valence-electron chi connectivity index (χ0n) is 9.40. The Balaban J connectivity index is 4.06. The summed E-state index contributed by atoms with van der Waals surface area (Å²) in [5.41, 5.74) is 0. The molecule has 2 atom stereocenters. The van der Waals surface area contributed by atoms with Gasteiger partial charge in [0.2, 0.25) is 0 Å². The van der Waals surface area contributed by atoms with Crippen LogP contribution in [0.25, 0.3) is 0 Å². The third kappa shape index (κ3) is 6.43. The van der Waals surface area contributed by atoms with Crippen molar-refractivity contribution >= 4 is 5.97 Å². The van der Waals surface area contributed by atoms with Gasteiger partial charge in [-0.3, -0.25) is 10.1 Å². The summed E-state index contributed by atoms with van der Waals surface area (Å²) in [4.78, 5) is 10.9. The number of hydrogen-bond donors (Lipinski definition) is 3. The van der Waals surface area contributed by atoms with E-state index in [0.717, 1.165) is 12.8 Å². The molecule has 0 aliphatic carbocycles. The van der Waals surface area contributed by atoms with Crippen molar-refractivity contribution in [2.75, 3.05) is 20.3 Å². The van der Waals surface area contributed by atoms with E-state index in [1.54, 1.807) is 0 Å². The molecule has 0 aliphatic rings. The lowest BCUT2D eigenvalue weighted by atomic mass is 10.1. The van der Waals surface area contributed by atoms with Gasteiger partial charge in [0.15, 0.2) is 0 Å². The fourth-order valence-electron chi connectivity index (χ4n) is 1.33. The first kappa shape index (κ1) is 14.3. The lowest BCUT2D eigenvalue weighted by molar-refractivity contribution is -0.140. The SMILES string of the molecule is CCCCC(NC(CO)COC)C(=O)O. The second-order valence-electron chi connectivity index (χ2n) is 3.53. The van der Waals surface area contributed by atoms with Crippen molar-refractivity contribution in [2.45, 2.75) is 38.3 Å². The fraction of sp³-hybridized carbons (Fsp3) is 0.900. The molecule has 3 N–H and O–H groups in total. The Kier molecular flexibility index (Phi) is 8.27.